The fourth-order valence-corrected chi connectivity index (χ4v) is 2.26. The smallest absolute Gasteiger partial charge is 0.292 e. The lowest BCUT2D eigenvalue weighted by Gasteiger charge is -2.23. The minimum atomic E-state index is -0.641. The summed E-state index contributed by atoms with van der Waals surface area (Å²) in [6, 6.07) is 4.69. The Morgan fingerprint density at radius 2 is 2.26 bits per heavy atom. The van der Waals surface area contributed by atoms with Crippen LogP contribution in [0.4, 0.5) is 11.4 Å². The second-order valence-corrected chi connectivity index (χ2v) is 5.09. The van der Waals surface area contributed by atoms with E-state index in [9.17, 15) is 14.9 Å². The topological polar surface area (TPSA) is 84.3 Å². The third kappa shape index (κ3) is 2.73. The lowest BCUT2D eigenvalue weighted by molar-refractivity contribution is -0.383. The standard InChI is InChI=1S/C13H17N3O3/c1-9-4-5-11(16(18)19)10(8-9)15-12(17)13(2)6-3-7-14-13/h4-5,8,14H,3,6-7H2,1-2H3,(H,15,17). The average molecular weight is 263 g/mol. The first-order valence-electron chi connectivity index (χ1n) is 6.24. The third-order valence-electron chi connectivity index (χ3n) is 3.47. The SMILES string of the molecule is Cc1ccc([N+](=O)[O-])c(NC(=O)C2(C)CCCN2)c1. The number of amides is 1. The number of hydrogen-bond donors (Lipinski definition) is 2. The number of nitrogens with zero attached hydrogens (tertiary/aromatic N) is 1. The summed E-state index contributed by atoms with van der Waals surface area (Å²) in [6.07, 6.45) is 1.66. The van der Waals surface area contributed by atoms with Gasteiger partial charge in [-0.15, -0.1) is 0 Å². The Hall–Kier alpha value is -1.95. The van der Waals surface area contributed by atoms with Crippen molar-refractivity contribution in [2.45, 2.75) is 32.2 Å². The fraction of sp³-hybridized carbons (Fsp3) is 0.462. The van der Waals surface area contributed by atoms with E-state index in [1.807, 2.05) is 13.8 Å². The van der Waals surface area contributed by atoms with Gasteiger partial charge in [-0.3, -0.25) is 14.9 Å². The van der Waals surface area contributed by atoms with Crippen molar-refractivity contribution in [2.75, 3.05) is 11.9 Å². The van der Waals surface area contributed by atoms with Crippen molar-refractivity contribution in [3.63, 3.8) is 0 Å². The summed E-state index contributed by atoms with van der Waals surface area (Å²) in [7, 11) is 0. The minimum absolute atomic E-state index is 0.0828. The van der Waals surface area contributed by atoms with Gasteiger partial charge in [-0.2, -0.15) is 0 Å². The summed E-state index contributed by atoms with van der Waals surface area (Å²) >= 11 is 0. The summed E-state index contributed by atoms with van der Waals surface area (Å²) in [5.74, 6) is -0.223. The molecule has 0 radical (unpaired) electrons. The largest absolute Gasteiger partial charge is 0.319 e. The average Bonchev–Trinajstić information content (AvgIpc) is 2.77. The number of benzene rings is 1. The van der Waals surface area contributed by atoms with Crippen LogP contribution in [-0.4, -0.2) is 22.9 Å². The van der Waals surface area contributed by atoms with E-state index in [0.717, 1.165) is 24.9 Å². The minimum Gasteiger partial charge on any atom is -0.319 e. The first-order valence-corrected chi connectivity index (χ1v) is 6.24. The normalized spacial score (nSPS) is 22.2. The van der Waals surface area contributed by atoms with E-state index in [0.29, 0.717) is 0 Å². The second kappa shape index (κ2) is 4.97. The third-order valence-corrected chi connectivity index (χ3v) is 3.47. The number of hydrogen-bond acceptors (Lipinski definition) is 4. The number of anilines is 1. The molecule has 1 atom stereocenters. The molecule has 0 spiro atoms. The van der Waals surface area contributed by atoms with Gasteiger partial charge in [-0.1, -0.05) is 6.07 Å². The van der Waals surface area contributed by atoms with Gasteiger partial charge in [-0.25, -0.2) is 0 Å². The highest BCUT2D eigenvalue weighted by Gasteiger charge is 2.36. The molecule has 1 aliphatic heterocycles. The quantitative estimate of drug-likeness (QED) is 0.645. The zero-order valence-electron chi connectivity index (χ0n) is 11.0. The van der Waals surface area contributed by atoms with Crippen molar-refractivity contribution in [3.8, 4) is 0 Å². The van der Waals surface area contributed by atoms with Gasteiger partial charge in [0.15, 0.2) is 0 Å². The fourth-order valence-electron chi connectivity index (χ4n) is 2.26. The van der Waals surface area contributed by atoms with Gasteiger partial charge in [0.2, 0.25) is 5.91 Å². The summed E-state index contributed by atoms with van der Waals surface area (Å²) in [5, 5.41) is 16.8. The van der Waals surface area contributed by atoms with Crippen LogP contribution in [0.3, 0.4) is 0 Å². The van der Waals surface area contributed by atoms with E-state index >= 15 is 0 Å². The molecule has 1 heterocycles. The highest BCUT2D eigenvalue weighted by molar-refractivity contribution is 5.99. The molecule has 19 heavy (non-hydrogen) atoms. The van der Waals surface area contributed by atoms with Crippen LogP contribution in [0.15, 0.2) is 18.2 Å². The van der Waals surface area contributed by atoms with Crippen LogP contribution in [-0.2, 0) is 4.79 Å². The molecule has 1 unspecified atom stereocenters. The highest BCUT2D eigenvalue weighted by atomic mass is 16.6. The molecule has 6 nitrogen and oxygen atoms in total. The Bertz CT molecular complexity index is 522. The number of carbonyl (C=O) groups is 1. The molecule has 1 aromatic carbocycles. The monoisotopic (exact) mass is 263 g/mol. The van der Waals surface area contributed by atoms with Gasteiger partial charge in [0.25, 0.3) is 5.69 Å². The van der Waals surface area contributed by atoms with Crippen LogP contribution in [0.5, 0.6) is 0 Å². The van der Waals surface area contributed by atoms with Crippen LogP contribution in [0.2, 0.25) is 0 Å². The van der Waals surface area contributed by atoms with Crippen molar-refractivity contribution in [1.29, 1.82) is 0 Å². The van der Waals surface area contributed by atoms with Gasteiger partial charge >= 0.3 is 0 Å². The van der Waals surface area contributed by atoms with E-state index in [1.54, 1.807) is 12.1 Å². The van der Waals surface area contributed by atoms with Crippen LogP contribution in [0.25, 0.3) is 0 Å². The molecule has 102 valence electrons. The molecular weight excluding hydrogens is 246 g/mol. The van der Waals surface area contributed by atoms with Gasteiger partial charge < -0.3 is 10.6 Å². The van der Waals surface area contributed by atoms with Crippen molar-refractivity contribution < 1.29 is 9.72 Å². The molecule has 0 saturated carbocycles. The molecule has 1 aliphatic rings. The summed E-state index contributed by atoms with van der Waals surface area (Å²) < 4.78 is 0. The summed E-state index contributed by atoms with van der Waals surface area (Å²) in [6.45, 7) is 4.44. The Balaban J connectivity index is 2.25. The highest BCUT2D eigenvalue weighted by Crippen LogP contribution is 2.27. The predicted molar refractivity (Wildman–Crippen MR) is 72.1 cm³/mol. The zero-order chi connectivity index (χ0) is 14.0. The Kier molecular flexibility index (Phi) is 3.53. The van der Waals surface area contributed by atoms with Crippen molar-refractivity contribution in [1.82, 2.24) is 5.32 Å². The number of nitro benzene ring substituents is 1. The number of carbonyl (C=O) groups excluding carboxylic acids is 1. The Morgan fingerprint density at radius 3 is 2.84 bits per heavy atom. The van der Waals surface area contributed by atoms with Crippen molar-refractivity contribution in [3.05, 3.63) is 33.9 Å². The molecule has 1 aromatic rings. The van der Waals surface area contributed by atoms with E-state index in [4.69, 9.17) is 0 Å². The van der Waals surface area contributed by atoms with Crippen molar-refractivity contribution in [2.24, 2.45) is 0 Å². The van der Waals surface area contributed by atoms with Crippen molar-refractivity contribution >= 4 is 17.3 Å². The molecule has 2 rings (SSSR count). The molecule has 6 heteroatoms. The lowest BCUT2D eigenvalue weighted by Crippen LogP contribution is -2.48. The van der Waals surface area contributed by atoms with Gasteiger partial charge in [0.05, 0.1) is 10.5 Å². The zero-order valence-corrected chi connectivity index (χ0v) is 11.0. The van der Waals surface area contributed by atoms with Gasteiger partial charge in [0.1, 0.15) is 5.69 Å². The molecule has 1 fully saturated rings. The van der Waals surface area contributed by atoms with E-state index in [2.05, 4.69) is 10.6 Å². The summed E-state index contributed by atoms with van der Waals surface area (Å²) in [4.78, 5) is 22.7. The number of nitrogens with one attached hydrogen (secondary N) is 2. The molecule has 0 aliphatic carbocycles. The number of nitro groups is 1. The maximum atomic E-state index is 12.2. The van der Waals surface area contributed by atoms with Gasteiger partial charge in [0, 0.05) is 6.07 Å². The van der Waals surface area contributed by atoms with E-state index < -0.39 is 10.5 Å². The maximum absolute atomic E-state index is 12.2. The lowest BCUT2D eigenvalue weighted by atomic mass is 9.99. The first-order chi connectivity index (χ1) is 8.92. The molecular formula is C13H17N3O3. The van der Waals surface area contributed by atoms with Crippen LogP contribution < -0.4 is 10.6 Å². The van der Waals surface area contributed by atoms with Crippen LogP contribution in [0, 0.1) is 17.0 Å². The first kappa shape index (κ1) is 13.5. The molecule has 2 N–H and O–H groups in total. The maximum Gasteiger partial charge on any atom is 0.292 e. The van der Waals surface area contributed by atoms with Crippen LogP contribution >= 0.6 is 0 Å². The Labute approximate surface area is 111 Å². The molecule has 1 saturated heterocycles. The molecule has 0 aromatic heterocycles. The Morgan fingerprint density at radius 1 is 1.53 bits per heavy atom. The van der Waals surface area contributed by atoms with Crippen LogP contribution in [0.1, 0.15) is 25.3 Å². The molecule has 0 bridgehead atoms. The number of rotatable bonds is 3. The summed E-state index contributed by atoms with van der Waals surface area (Å²) in [5.41, 5.74) is 0.397. The van der Waals surface area contributed by atoms with E-state index in [1.165, 1.54) is 6.07 Å². The van der Waals surface area contributed by atoms with E-state index in [-0.39, 0.29) is 17.3 Å². The molecule has 1 amide bonds. The predicted octanol–water partition coefficient (Wildman–Crippen LogP) is 1.98. The van der Waals surface area contributed by atoms with Gasteiger partial charge in [-0.05, 0) is 44.9 Å². The number of aryl methyl sites for hydroxylation is 1. The second-order valence-electron chi connectivity index (χ2n) is 5.09.